The highest BCUT2D eigenvalue weighted by molar-refractivity contribution is 6.07. The average Bonchev–Trinajstić information content (AvgIpc) is 2.69. The van der Waals surface area contributed by atoms with Gasteiger partial charge in [0.05, 0.1) is 12.3 Å². The Balaban J connectivity index is 2.02. The zero-order valence-electron chi connectivity index (χ0n) is 10.8. The number of carbonyl (C=O) groups is 1. The molecule has 2 heterocycles. The molecule has 1 aliphatic heterocycles. The third-order valence-electron chi connectivity index (χ3n) is 3.17. The van der Waals surface area contributed by atoms with E-state index in [4.69, 9.17) is 4.74 Å². The Labute approximate surface area is 116 Å². The first kappa shape index (κ1) is 12.5. The maximum atomic E-state index is 12.6. The van der Waals surface area contributed by atoms with E-state index in [1.54, 1.807) is 11.0 Å². The molecule has 2 aromatic rings. The van der Waals surface area contributed by atoms with Gasteiger partial charge < -0.3 is 14.7 Å². The molecular formula is C15H14N2O3. The SMILES string of the molecule is O=C(c1ncccc1O)N1CCCOc2ccccc21. The second-order valence-corrected chi connectivity index (χ2v) is 4.50. The fourth-order valence-corrected chi connectivity index (χ4v) is 2.23. The Morgan fingerprint density at radius 3 is 2.95 bits per heavy atom. The number of hydrogen-bond acceptors (Lipinski definition) is 4. The molecule has 0 aliphatic carbocycles. The summed E-state index contributed by atoms with van der Waals surface area (Å²) in [4.78, 5) is 18.2. The van der Waals surface area contributed by atoms with E-state index in [1.165, 1.54) is 12.3 Å². The lowest BCUT2D eigenvalue weighted by molar-refractivity contribution is 0.0979. The number of ether oxygens (including phenoxy) is 1. The number of para-hydroxylation sites is 2. The molecule has 20 heavy (non-hydrogen) atoms. The van der Waals surface area contributed by atoms with E-state index >= 15 is 0 Å². The van der Waals surface area contributed by atoms with Gasteiger partial charge in [0, 0.05) is 12.7 Å². The van der Waals surface area contributed by atoms with Crippen LogP contribution in [0.5, 0.6) is 11.5 Å². The third-order valence-corrected chi connectivity index (χ3v) is 3.17. The van der Waals surface area contributed by atoms with Crippen molar-refractivity contribution in [3.63, 3.8) is 0 Å². The van der Waals surface area contributed by atoms with Crippen molar-refractivity contribution in [2.24, 2.45) is 0 Å². The summed E-state index contributed by atoms with van der Waals surface area (Å²) < 4.78 is 5.62. The normalized spacial score (nSPS) is 14.1. The van der Waals surface area contributed by atoms with Gasteiger partial charge in [-0.05, 0) is 30.7 Å². The van der Waals surface area contributed by atoms with Crippen LogP contribution in [0.1, 0.15) is 16.9 Å². The lowest BCUT2D eigenvalue weighted by Crippen LogP contribution is -2.32. The molecule has 5 heteroatoms. The van der Waals surface area contributed by atoms with Gasteiger partial charge in [0.2, 0.25) is 0 Å². The van der Waals surface area contributed by atoms with E-state index in [0.29, 0.717) is 24.6 Å². The highest BCUT2D eigenvalue weighted by Crippen LogP contribution is 2.32. The smallest absolute Gasteiger partial charge is 0.280 e. The summed E-state index contributed by atoms with van der Waals surface area (Å²) in [7, 11) is 0. The molecule has 5 nitrogen and oxygen atoms in total. The van der Waals surface area contributed by atoms with Crippen molar-refractivity contribution in [3.05, 3.63) is 48.3 Å². The van der Waals surface area contributed by atoms with Crippen LogP contribution in [0.3, 0.4) is 0 Å². The minimum atomic E-state index is -0.318. The highest BCUT2D eigenvalue weighted by atomic mass is 16.5. The van der Waals surface area contributed by atoms with E-state index in [-0.39, 0.29) is 17.4 Å². The molecule has 0 atom stereocenters. The minimum absolute atomic E-state index is 0.0594. The Morgan fingerprint density at radius 2 is 2.10 bits per heavy atom. The van der Waals surface area contributed by atoms with Crippen LogP contribution in [-0.4, -0.2) is 29.1 Å². The molecule has 0 bridgehead atoms. The summed E-state index contributed by atoms with van der Waals surface area (Å²) >= 11 is 0. The quantitative estimate of drug-likeness (QED) is 0.863. The van der Waals surface area contributed by atoms with Gasteiger partial charge in [-0.2, -0.15) is 0 Å². The number of fused-ring (bicyclic) bond motifs is 1. The Kier molecular flexibility index (Phi) is 3.25. The van der Waals surface area contributed by atoms with E-state index < -0.39 is 0 Å². The number of carbonyl (C=O) groups excluding carboxylic acids is 1. The van der Waals surface area contributed by atoms with Gasteiger partial charge in [-0.1, -0.05) is 12.1 Å². The molecule has 0 radical (unpaired) electrons. The minimum Gasteiger partial charge on any atom is -0.505 e. The fraction of sp³-hybridized carbons (Fsp3) is 0.200. The zero-order chi connectivity index (χ0) is 13.9. The second kappa shape index (κ2) is 5.21. The summed E-state index contributed by atoms with van der Waals surface area (Å²) in [6.45, 7) is 1.10. The summed E-state index contributed by atoms with van der Waals surface area (Å²) in [6.07, 6.45) is 2.22. The first-order chi connectivity index (χ1) is 9.77. The van der Waals surface area contributed by atoms with Crippen molar-refractivity contribution in [3.8, 4) is 11.5 Å². The van der Waals surface area contributed by atoms with Crippen LogP contribution < -0.4 is 9.64 Å². The highest BCUT2D eigenvalue weighted by Gasteiger charge is 2.25. The van der Waals surface area contributed by atoms with Gasteiger partial charge in [-0.15, -0.1) is 0 Å². The van der Waals surface area contributed by atoms with E-state index in [0.717, 1.165) is 6.42 Å². The largest absolute Gasteiger partial charge is 0.505 e. The monoisotopic (exact) mass is 270 g/mol. The maximum absolute atomic E-state index is 12.6. The number of rotatable bonds is 1. The molecule has 0 saturated heterocycles. The number of nitrogens with zero attached hydrogens (tertiary/aromatic N) is 2. The molecule has 1 amide bonds. The summed E-state index contributed by atoms with van der Waals surface area (Å²) in [5.41, 5.74) is 0.768. The lowest BCUT2D eigenvalue weighted by Gasteiger charge is -2.21. The van der Waals surface area contributed by atoms with Crippen LogP contribution in [0.25, 0.3) is 0 Å². The number of benzene rings is 1. The van der Waals surface area contributed by atoms with Crippen LogP contribution in [0.4, 0.5) is 5.69 Å². The van der Waals surface area contributed by atoms with E-state index in [2.05, 4.69) is 4.98 Å². The van der Waals surface area contributed by atoms with Crippen LogP contribution in [0.2, 0.25) is 0 Å². The van der Waals surface area contributed by atoms with Gasteiger partial charge in [-0.3, -0.25) is 4.79 Å². The van der Waals surface area contributed by atoms with Crippen molar-refractivity contribution >= 4 is 11.6 Å². The maximum Gasteiger partial charge on any atom is 0.280 e. The van der Waals surface area contributed by atoms with Gasteiger partial charge in [-0.25, -0.2) is 4.98 Å². The van der Waals surface area contributed by atoms with E-state index in [1.807, 2.05) is 24.3 Å². The number of aromatic hydroxyl groups is 1. The fourth-order valence-electron chi connectivity index (χ4n) is 2.23. The second-order valence-electron chi connectivity index (χ2n) is 4.50. The predicted octanol–water partition coefficient (Wildman–Crippen LogP) is 2.22. The summed E-state index contributed by atoms with van der Waals surface area (Å²) in [5.74, 6) is 0.245. The lowest BCUT2D eigenvalue weighted by atomic mass is 10.2. The molecule has 1 N–H and O–H groups in total. The van der Waals surface area contributed by atoms with Crippen molar-refractivity contribution in [1.29, 1.82) is 0 Å². The molecule has 0 spiro atoms. The third kappa shape index (κ3) is 2.18. The molecule has 102 valence electrons. The van der Waals surface area contributed by atoms with E-state index in [9.17, 15) is 9.90 Å². The molecule has 1 aromatic heterocycles. The molecule has 0 fully saturated rings. The van der Waals surface area contributed by atoms with Crippen LogP contribution in [0, 0.1) is 0 Å². The van der Waals surface area contributed by atoms with Gasteiger partial charge in [0.15, 0.2) is 5.69 Å². The molecule has 3 rings (SSSR count). The van der Waals surface area contributed by atoms with Crippen molar-refractivity contribution in [2.75, 3.05) is 18.1 Å². The molecule has 1 aliphatic rings. The summed E-state index contributed by atoms with van der Waals surface area (Å²) in [5, 5.41) is 9.79. The number of hydrogen-bond donors (Lipinski definition) is 1. The topological polar surface area (TPSA) is 62.7 Å². The number of pyridine rings is 1. The first-order valence-electron chi connectivity index (χ1n) is 6.45. The van der Waals surface area contributed by atoms with Crippen LogP contribution in [0.15, 0.2) is 42.6 Å². The van der Waals surface area contributed by atoms with Crippen LogP contribution in [-0.2, 0) is 0 Å². The number of aromatic nitrogens is 1. The first-order valence-corrected chi connectivity index (χ1v) is 6.45. The zero-order valence-corrected chi connectivity index (χ0v) is 10.8. The van der Waals surface area contributed by atoms with Gasteiger partial charge in [0.25, 0.3) is 5.91 Å². The number of anilines is 1. The Bertz CT molecular complexity index is 643. The number of amides is 1. The van der Waals surface area contributed by atoms with Gasteiger partial charge in [0.1, 0.15) is 11.5 Å². The van der Waals surface area contributed by atoms with Crippen molar-refractivity contribution in [2.45, 2.75) is 6.42 Å². The summed E-state index contributed by atoms with van der Waals surface area (Å²) in [6, 6.07) is 10.4. The molecule has 0 saturated carbocycles. The molecular weight excluding hydrogens is 256 g/mol. The Morgan fingerprint density at radius 1 is 1.25 bits per heavy atom. The standard InChI is InChI=1S/C15H14N2O3/c18-12-6-3-8-16-14(12)15(19)17-9-4-10-20-13-7-2-1-5-11(13)17/h1-3,5-8,18H,4,9-10H2. The van der Waals surface area contributed by atoms with Crippen molar-refractivity contribution in [1.82, 2.24) is 4.98 Å². The molecule has 0 unspecified atom stereocenters. The average molecular weight is 270 g/mol. The van der Waals surface area contributed by atoms with Crippen molar-refractivity contribution < 1.29 is 14.6 Å². The van der Waals surface area contributed by atoms with Crippen LogP contribution >= 0.6 is 0 Å². The Hall–Kier alpha value is -2.56. The molecule has 1 aromatic carbocycles. The van der Waals surface area contributed by atoms with Gasteiger partial charge >= 0.3 is 0 Å². The predicted molar refractivity (Wildman–Crippen MR) is 74.1 cm³/mol.